The molecule has 1 aliphatic carbocycles. The average molecular weight is 381 g/mol. The van der Waals surface area contributed by atoms with Gasteiger partial charge in [-0.25, -0.2) is 4.79 Å². The van der Waals surface area contributed by atoms with Crippen molar-refractivity contribution < 1.29 is 14.3 Å². The SMILES string of the molecule is CCN1C(=O)N(CCOC2CC2)c2sc(CNCCN)c(C)c2C2OC21. The minimum Gasteiger partial charge on any atom is -0.376 e. The minimum atomic E-state index is -0.126. The molecule has 0 aromatic carbocycles. The zero-order chi connectivity index (χ0) is 18.3. The first-order valence-corrected chi connectivity index (χ1v) is 10.4. The molecule has 3 aliphatic rings. The van der Waals surface area contributed by atoms with Crippen LogP contribution in [-0.4, -0.2) is 56.0 Å². The van der Waals surface area contributed by atoms with E-state index in [4.69, 9.17) is 15.2 Å². The molecule has 8 heteroatoms. The second-order valence-electron chi connectivity index (χ2n) is 7.07. The first-order valence-electron chi connectivity index (χ1n) is 9.53. The van der Waals surface area contributed by atoms with Crippen molar-refractivity contribution in [3.05, 3.63) is 16.0 Å². The topological polar surface area (TPSA) is 83.4 Å². The maximum Gasteiger partial charge on any atom is 0.327 e. The summed E-state index contributed by atoms with van der Waals surface area (Å²) in [5.74, 6) is 0. The maximum absolute atomic E-state index is 13.1. The summed E-state index contributed by atoms with van der Waals surface area (Å²) in [6, 6.07) is 0.0286. The Kier molecular flexibility index (Phi) is 5.20. The van der Waals surface area contributed by atoms with Crippen molar-refractivity contribution in [1.82, 2.24) is 10.2 Å². The van der Waals surface area contributed by atoms with Crippen molar-refractivity contribution in [3.8, 4) is 0 Å². The third-order valence-electron chi connectivity index (χ3n) is 5.19. The van der Waals surface area contributed by atoms with E-state index < -0.39 is 0 Å². The maximum atomic E-state index is 13.1. The summed E-state index contributed by atoms with van der Waals surface area (Å²) in [7, 11) is 0. The van der Waals surface area contributed by atoms with Crippen molar-refractivity contribution in [2.45, 2.75) is 51.7 Å². The van der Waals surface area contributed by atoms with Crippen molar-refractivity contribution in [2.75, 3.05) is 37.7 Å². The molecule has 2 aliphatic heterocycles. The Morgan fingerprint density at radius 1 is 1.42 bits per heavy atom. The van der Waals surface area contributed by atoms with Gasteiger partial charge in [0.1, 0.15) is 11.1 Å². The zero-order valence-electron chi connectivity index (χ0n) is 15.5. The normalized spacial score (nSPS) is 24.5. The second-order valence-corrected chi connectivity index (χ2v) is 8.16. The van der Waals surface area contributed by atoms with Gasteiger partial charge in [-0.2, -0.15) is 0 Å². The molecule has 1 saturated carbocycles. The standard InChI is InChI=1S/C18H28N4O3S/c1-3-21-16-15(25-16)14-11(2)13(10-20-7-6-19)26-17(14)22(18(21)23)8-9-24-12-4-5-12/h12,15-16,20H,3-10,19H2,1-2H3. The molecule has 144 valence electrons. The Hall–Kier alpha value is -1.19. The van der Waals surface area contributed by atoms with Crippen LogP contribution in [0.15, 0.2) is 0 Å². The molecular weight excluding hydrogens is 352 g/mol. The molecule has 1 saturated heterocycles. The summed E-state index contributed by atoms with van der Waals surface area (Å²) in [5.41, 5.74) is 8.00. The van der Waals surface area contributed by atoms with Gasteiger partial charge >= 0.3 is 6.03 Å². The van der Waals surface area contributed by atoms with Crippen LogP contribution in [0.3, 0.4) is 0 Å². The van der Waals surface area contributed by atoms with Gasteiger partial charge in [0.15, 0.2) is 6.23 Å². The fraction of sp³-hybridized carbons (Fsp3) is 0.722. The molecule has 0 radical (unpaired) electrons. The Labute approximate surface area is 158 Å². The van der Waals surface area contributed by atoms with E-state index in [1.165, 1.54) is 16.0 Å². The molecule has 1 aromatic rings. The molecule has 0 bridgehead atoms. The van der Waals surface area contributed by atoms with Gasteiger partial charge in [-0.15, -0.1) is 11.3 Å². The van der Waals surface area contributed by atoms with Gasteiger partial charge in [-0.3, -0.25) is 9.80 Å². The molecule has 0 spiro atoms. The predicted molar refractivity (Wildman–Crippen MR) is 102 cm³/mol. The summed E-state index contributed by atoms with van der Waals surface area (Å²) in [6.07, 6.45) is 2.57. The van der Waals surface area contributed by atoms with Crippen LogP contribution in [-0.2, 0) is 16.0 Å². The third kappa shape index (κ3) is 3.36. The number of likely N-dealkylation sites (N-methyl/N-ethyl adjacent to an activating group) is 1. The average Bonchev–Trinajstić information content (AvgIpc) is 3.53. The monoisotopic (exact) mass is 380 g/mol. The number of carbonyl (C=O) groups is 1. The van der Waals surface area contributed by atoms with Gasteiger partial charge in [0.25, 0.3) is 0 Å². The van der Waals surface area contributed by atoms with Gasteiger partial charge in [-0.1, -0.05) is 0 Å². The van der Waals surface area contributed by atoms with Gasteiger partial charge < -0.3 is 20.5 Å². The summed E-state index contributed by atoms with van der Waals surface area (Å²) in [6.45, 7) is 8.14. The van der Waals surface area contributed by atoms with E-state index in [1.807, 2.05) is 16.7 Å². The van der Waals surface area contributed by atoms with E-state index in [9.17, 15) is 4.79 Å². The molecule has 1 aromatic heterocycles. The van der Waals surface area contributed by atoms with Gasteiger partial charge in [0.2, 0.25) is 0 Å². The van der Waals surface area contributed by atoms with Gasteiger partial charge in [0, 0.05) is 36.6 Å². The number of urea groups is 1. The molecule has 26 heavy (non-hydrogen) atoms. The predicted octanol–water partition coefficient (Wildman–Crippen LogP) is 1.94. The van der Waals surface area contributed by atoms with Crippen molar-refractivity contribution in [2.24, 2.45) is 5.73 Å². The van der Waals surface area contributed by atoms with Gasteiger partial charge in [0.05, 0.1) is 19.3 Å². The number of rotatable bonds is 9. The first-order chi connectivity index (χ1) is 12.7. The minimum absolute atomic E-state index is 0.00255. The van der Waals surface area contributed by atoms with E-state index in [0.29, 0.717) is 32.3 Å². The van der Waals surface area contributed by atoms with E-state index >= 15 is 0 Å². The van der Waals surface area contributed by atoms with Crippen molar-refractivity contribution in [3.63, 3.8) is 0 Å². The number of epoxide rings is 1. The number of hydrogen-bond acceptors (Lipinski definition) is 6. The summed E-state index contributed by atoms with van der Waals surface area (Å²) in [4.78, 5) is 18.1. The van der Waals surface area contributed by atoms with E-state index in [1.54, 1.807) is 11.3 Å². The smallest absolute Gasteiger partial charge is 0.327 e. The van der Waals surface area contributed by atoms with Crippen LogP contribution in [0.4, 0.5) is 9.80 Å². The fourth-order valence-corrected chi connectivity index (χ4v) is 4.86. The number of fused-ring (bicyclic) bond motifs is 3. The fourth-order valence-electron chi connectivity index (χ4n) is 3.53. The highest BCUT2D eigenvalue weighted by molar-refractivity contribution is 7.16. The molecule has 3 N–H and O–H groups in total. The lowest BCUT2D eigenvalue weighted by Crippen LogP contribution is -2.45. The van der Waals surface area contributed by atoms with Crippen molar-refractivity contribution in [1.29, 1.82) is 0 Å². The molecule has 3 heterocycles. The van der Waals surface area contributed by atoms with Crippen LogP contribution >= 0.6 is 11.3 Å². The van der Waals surface area contributed by atoms with Gasteiger partial charge in [-0.05, 0) is 32.3 Å². The van der Waals surface area contributed by atoms with Crippen LogP contribution in [0.25, 0.3) is 0 Å². The van der Waals surface area contributed by atoms with Crippen LogP contribution in [0, 0.1) is 6.92 Å². The highest BCUT2D eigenvalue weighted by Gasteiger charge is 2.53. The van der Waals surface area contributed by atoms with Crippen molar-refractivity contribution >= 4 is 22.4 Å². The Balaban J connectivity index is 1.59. The van der Waals surface area contributed by atoms with E-state index in [0.717, 1.165) is 30.9 Å². The summed E-state index contributed by atoms with van der Waals surface area (Å²) >= 11 is 1.69. The molecule has 7 nitrogen and oxygen atoms in total. The lowest BCUT2D eigenvalue weighted by molar-refractivity contribution is 0.123. The molecule has 2 fully saturated rings. The van der Waals surface area contributed by atoms with E-state index in [2.05, 4.69) is 12.2 Å². The lowest BCUT2D eigenvalue weighted by Gasteiger charge is -2.27. The number of carbonyl (C=O) groups excluding carboxylic acids is 1. The lowest BCUT2D eigenvalue weighted by atomic mass is 10.1. The Bertz CT molecular complexity index is 676. The quantitative estimate of drug-likeness (QED) is 0.505. The summed E-state index contributed by atoms with van der Waals surface area (Å²) < 4.78 is 11.7. The Morgan fingerprint density at radius 3 is 2.92 bits per heavy atom. The number of amides is 2. The number of thiophene rings is 1. The zero-order valence-corrected chi connectivity index (χ0v) is 16.3. The molecule has 2 amide bonds. The largest absolute Gasteiger partial charge is 0.376 e. The number of anilines is 1. The number of nitrogens with two attached hydrogens (primary N) is 1. The third-order valence-corrected chi connectivity index (χ3v) is 6.53. The van der Waals surface area contributed by atoms with Crippen LogP contribution in [0.2, 0.25) is 0 Å². The molecular formula is C18H28N4O3S. The van der Waals surface area contributed by atoms with Crippen LogP contribution in [0.1, 0.15) is 41.9 Å². The second kappa shape index (κ2) is 7.44. The highest BCUT2D eigenvalue weighted by Crippen LogP contribution is 2.53. The molecule has 2 atom stereocenters. The highest BCUT2D eigenvalue weighted by atomic mass is 32.1. The number of nitrogens with zero attached hydrogens (tertiary/aromatic N) is 2. The Morgan fingerprint density at radius 2 is 2.23 bits per heavy atom. The molecule has 4 rings (SSSR count). The number of nitrogens with one attached hydrogen (secondary N) is 1. The first kappa shape index (κ1) is 18.2. The number of hydrogen-bond donors (Lipinski definition) is 2. The van der Waals surface area contributed by atoms with Crippen LogP contribution < -0.4 is 16.0 Å². The summed E-state index contributed by atoms with van der Waals surface area (Å²) in [5, 5.41) is 4.39. The van der Waals surface area contributed by atoms with E-state index in [-0.39, 0.29) is 18.4 Å². The van der Waals surface area contributed by atoms with Crippen LogP contribution in [0.5, 0.6) is 0 Å². The molecule has 2 unspecified atom stereocenters. The number of ether oxygens (including phenoxy) is 2.